The molecule has 2 aromatic rings. The van der Waals surface area contributed by atoms with Crippen LogP contribution in [0.1, 0.15) is 16.9 Å². The quantitative estimate of drug-likeness (QED) is 0.776. The number of rotatable bonds is 4. The van der Waals surface area contributed by atoms with Crippen LogP contribution in [0.25, 0.3) is 0 Å². The molecule has 2 heterocycles. The zero-order valence-electron chi connectivity index (χ0n) is 14.5. The number of carbonyl (C=O) groups is 2. The predicted molar refractivity (Wildman–Crippen MR) is 101 cm³/mol. The second-order valence-electron chi connectivity index (χ2n) is 5.98. The summed E-state index contributed by atoms with van der Waals surface area (Å²) in [6.07, 6.45) is 5.13. The lowest BCUT2D eigenvalue weighted by Crippen LogP contribution is -2.39. The lowest BCUT2D eigenvalue weighted by molar-refractivity contribution is -0.133. The van der Waals surface area contributed by atoms with Crippen molar-refractivity contribution in [3.05, 3.63) is 52.5 Å². The van der Waals surface area contributed by atoms with Gasteiger partial charge in [0.25, 0.3) is 11.8 Å². The number of aromatic nitrogens is 2. The first-order chi connectivity index (χ1) is 13.0. The zero-order valence-corrected chi connectivity index (χ0v) is 16.0. The Bertz CT molecular complexity index is 820. The molecule has 7 nitrogen and oxygen atoms in total. The van der Waals surface area contributed by atoms with E-state index in [1.54, 1.807) is 28.0 Å². The minimum absolute atomic E-state index is 0.126. The molecule has 0 aliphatic carbocycles. The van der Waals surface area contributed by atoms with Gasteiger partial charge in [-0.2, -0.15) is 0 Å². The van der Waals surface area contributed by atoms with Gasteiger partial charge < -0.3 is 14.5 Å². The summed E-state index contributed by atoms with van der Waals surface area (Å²) < 4.78 is 5.51. The van der Waals surface area contributed by atoms with Crippen LogP contribution in [0, 0.1) is 0 Å². The summed E-state index contributed by atoms with van der Waals surface area (Å²) in [6, 6.07) is 4.83. The summed E-state index contributed by atoms with van der Waals surface area (Å²) in [5.41, 5.74) is 0.304. The lowest BCUT2D eigenvalue weighted by atomic mass is 10.3. The van der Waals surface area contributed by atoms with Gasteiger partial charge >= 0.3 is 0 Å². The first-order valence-electron chi connectivity index (χ1n) is 8.45. The number of amides is 2. The molecule has 1 aromatic heterocycles. The van der Waals surface area contributed by atoms with Crippen molar-refractivity contribution in [2.24, 2.45) is 0 Å². The highest BCUT2D eigenvalue weighted by atomic mass is 35.5. The molecular formula is C18H18Cl2N4O3. The number of ether oxygens (including phenoxy) is 1. The summed E-state index contributed by atoms with van der Waals surface area (Å²) in [7, 11) is 0. The maximum atomic E-state index is 12.5. The Balaban J connectivity index is 1.54. The van der Waals surface area contributed by atoms with Crippen molar-refractivity contribution in [2.45, 2.75) is 6.42 Å². The molecule has 0 saturated carbocycles. The molecule has 0 spiro atoms. The average molecular weight is 409 g/mol. The van der Waals surface area contributed by atoms with Gasteiger partial charge in [0.15, 0.2) is 6.61 Å². The molecule has 2 amide bonds. The summed E-state index contributed by atoms with van der Waals surface area (Å²) in [5.74, 6) is 0.0695. The van der Waals surface area contributed by atoms with Crippen LogP contribution in [0.3, 0.4) is 0 Å². The number of nitrogens with zero attached hydrogens (tertiary/aromatic N) is 4. The third-order valence-electron chi connectivity index (χ3n) is 4.16. The highest BCUT2D eigenvalue weighted by molar-refractivity contribution is 6.35. The van der Waals surface area contributed by atoms with Gasteiger partial charge in [-0.1, -0.05) is 23.2 Å². The van der Waals surface area contributed by atoms with E-state index in [0.29, 0.717) is 54.1 Å². The normalized spacial score (nSPS) is 14.6. The minimum Gasteiger partial charge on any atom is -0.482 e. The maximum absolute atomic E-state index is 12.5. The van der Waals surface area contributed by atoms with Gasteiger partial charge in [-0.05, 0) is 24.6 Å². The van der Waals surface area contributed by atoms with E-state index >= 15 is 0 Å². The molecule has 0 unspecified atom stereocenters. The fourth-order valence-corrected chi connectivity index (χ4v) is 3.23. The van der Waals surface area contributed by atoms with E-state index in [1.807, 2.05) is 0 Å². The van der Waals surface area contributed by atoms with Crippen LogP contribution in [0.15, 0.2) is 36.8 Å². The number of hydrogen-bond acceptors (Lipinski definition) is 5. The fourth-order valence-electron chi connectivity index (χ4n) is 2.76. The van der Waals surface area contributed by atoms with E-state index in [4.69, 9.17) is 27.9 Å². The molecular weight excluding hydrogens is 391 g/mol. The van der Waals surface area contributed by atoms with Crippen molar-refractivity contribution in [2.75, 3.05) is 32.8 Å². The Kier molecular flexibility index (Phi) is 6.47. The number of hydrogen-bond donors (Lipinski definition) is 0. The second-order valence-corrected chi connectivity index (χ2v) is 6.82. The van der Waals surface area contributed by atoms with E-state index in [0.717, 1.165) is 0 Å². The summed E-state index contributed by atoms with van der Waals surface area (Å²) in [6.45, 7) is 1.86. The van der Waals surface area contributed by atoms with Gasteiger partial charge in [0, 0.05) is 43.6 Å². The van der Waals surface area contributed by atoms with Crippen LogP contribution in [0.4, 0.5) is 0 Å². The topological polar surface area (TPSA) is 75.6 Å². The molecule has 27 heavy (non-hydrogen) atoms. The van der Waals surface area contributed by atoms with E-state index in [2.05, 4.69) is 9.97 Å². The van der Waals surface area contributed by atoms with E-state index in [-0.39, 0.29) is 18.4 Å². The molecule has 1 aromatic carbocycles. The zero-order chi connectivity index (χ0) is 19.2. The van der Waals surface area contributed by atoms with E-state index < -0.39 is 0 Å². The summed E-state index contributed by atoms with van der Waals surface area (Å²) >= 11 is 11.9. The molecule has 3 rings (SSSR count). The van der Waals surface area contributed by atoms with Crippen molar-refractivity contribution in [3.8, 4) is 5.75 Å². The van der Waals surface area contributed by atoms with Gasteiger partial charge in [-0.25, -0.2) is 4.98 Å². The lowest BCUT2D eigenvalue weighted by Gasteiger charge is -2.22. The third kappa shape index (κ3) is 5.08. The molecule has 1 aliphatic heterocycles. The second kappa shape index (κ2) is 9.01. The van der Waals surface area contributed by atoms with Crippen LogP contribution in [-0.2, 0) is 4.79 Å². The van der Waals surface area contributed by atoms with Crippen molar-refractivity contribution >= 4 is 35.0 Å². The van der Waals surface area contributed by atoms with E-state index in [1.165, 1.54) is 18.6 Å². The Morgan fingerprint density at radius 2 is 1.85 bits per heavy atom. The van der Waals surface area contributed by atoms with Gasteiger partial charge in [0.2, 0.25) is 0 Å². The van der Waals surface area contributed by atoms with Gasteiger partial charge in [0.05, 0.1) is 11.2 Å². The highest BCUT2D eigenvalue weighted by Crippen LogP contribution is 2.27. The Morgan fingerprint density at radius 3 is 2.59 bits per heavy atom. The first-order valence-corrected chi connectivity index (χ1v) is 9.21. The Hall–Kier alpha value is -2.38. The molecule has 142 valence electrons. The van der Waals surface area contributed by atoms with Crippen molar-refractivity contribution < 1.29 is 14.3 Å². The standard InChI is InChI=1S/C18H18Cl2N4O3/c19-13-2-3-16(14(20)10-13)27-12-17(25)23-6-1-7-24(9-8-23)18(26)15-11-21-4-5-22-15/h2-5,10-11H,1,6-9,12H2. The average Bonchev–Trinajstić information content (AvgIpc) is 2.93. The SMILES string of the molecule is O=C(COc1ccc(Cl)cc1Cl)N1CCCN(C(=O)c2cnccn2)CC1. The number of halogens is 2. The summed E-state index contributed by atoms with van der Waals surface area (Å²) in [4.78, 5) is 36.3. The fraction of sp³-hybridized carbons (Fsp3) is 0.333. The molecule has 1 fully saturated rings. The summed E-state index contributed by atoms with van der Waals surface area (Å²) in [5, 5.41) is 0.853. The van der Waals surface area contributed by atoms with Gasteiger partial charge in [-0.3, -0.25) is 14.6 Å². The molecule has 0 bridgehead atoms. The molecule has 9 heteroatoms. The monoisotopic (exact) mass is 408 g/mol. The Morgan fingerprint density at radius 1 is 1.07 bits per heavy atom. The van der Waals surface area contributed by atoms with Gasteiger partial charge in [-0.15, -0.1) is 0 Å². The van der Waals surface area contributed by atoms with Gasteiger partial charge in [0.1, 0.15) is 11.4 Å². The largest absolute Gasteiger partial charge is 0.482 e. The van der Waals surface area contributed by atoms with Crippen molar-refractivity contribution in [3.63, 3.8) is 0 Å². The van der Waals surface area contributed by atoms with Crippen LogP contribution < -0.4 is 4.74 Å². The highest BCUT2D eigenvalue weighted by Gasteiger charge is 2.23. The van der Waals surface area contributed by atoms with Crippen LogP contribution in [0.5, 0.6) is 5.75 Å². The maximum Gasteiger partial charge on any atom is 0.274 e. The molecule has 0 N–H and O–H groups in total. The van der Waals surface area contributed by atoms with Crippen LogP contribution in [-0.4, -0.2) is 64.4 Å². The van der Waals surface area contributed by atoms with Crippen molar-refractivity contribution in [1.82, 2.24) is 19.8 Å². The smallest absolute Gasteiger partial charge is 0.274 e. The molecule has 0 radical (unpaired) electrons. The third-order valence-corrected chi connectivity index (χ3v) is 4.69. The number of benzene rings is 1. The minimum atomic E-state index is -0.179. The number of carbonyl (C=O) groups excluding carboxylic acids is 2. The Labute approximate surface area is 166 Å². The van der Waals surface area contributed by atoms with Crippen LogP contribution >= 0.6 is 23.2 Å². The predicted octanol–water partition coefficient (Wildman–Crippen LogP) is 2.54. The first kappa shape index (κ1) is 19.4. The van der Waals surface area contributed by atoms with Crippen LogP contribution in [0.2, 0.25) is 10.0 Å². The molecule has 1 aliphatic rings. The van der Waals surface area contributed by atoms with E-state index in [9.17, 15) is 9.59 Å². The van der Waals surface area contributed by atoms with Crippen molar-refractivity contribution in [1.29, 1.82) is 0 Å². The molecule has 0 atom stereocenters. The molecule has 1 saturated heterocycles.